The Labute approximate surface area is 153 Å². The molecule has 26 heavy (non-hydrogen) atoms. The van der Waals surface area contributed by atoms with Gasteiger partial charge in [0.05, 0.1) is 0 Å². The smallest absolute Gasteiger partial charge is 0.339 e. The van der Waals surface area contributed by atoms with Gasteiger partial charge in [-0.25, -0.2) is 4.79 Å². The van der Waals surface area contributed by atoms with Crippen LogP contribution in [0.25, 0.3) is 0 Å². The number of benzene rings is 1. The fourth-order valence-corrected chi connectivity index (χ4v) is 3.91. The summed E-state index contributed by atoms with van der Waals surface area (Å²) in [6.07, 6.45) is 3.49. The normalized spacial score (nSPS) is 19.5. The van der Waals surface area contributed by atoms with Gasteiger partial charge in [-0.15, -0.1) is 0 Å². The molecule has 0 bridgehead atoms. The molecule has 1 N–H and O–H groups in total. The third kappa shape index (κ3) is 3.39. The minimum atomic E-state index is -1.06. The van der Waals surface area contributed by atoms with E-state index in [1.807, 2.05) is 6.92 Å². The van der Waals surface area contributed by atoms with E-state index in [0.717, 1.165) is 19.3 Å². The molecule has 1 saturated carbocycles. The van der Waals surface area contributed by atoms with Gasteiger partial charge in [0.25, 0.3) is 5.91 Å². The van der Waals surface area contributed by atoms with Crippen molar-refractivity contribution in [1.29, 1.82) is 0 Å². The fraction of sp³-hybridized carbons (Fsp3) is 0.429. The van der Waals surface area contributed by atoms with Crippen LogP contribution < -0.4 is 0 Å². The molecule has 2 atom stereocenters. The number of rotatable bonds is 5. The zero-order chi connectivity index (χ0) is 18.8. The summed E-state index contributed by atoms with van der Waals surface area (Å²) in [7, 11) is 1.79. The molecule has 2 unspecified atom stereocenters. The Hall–Kier alpha value is -2.56. The number of carboxylic acid groups (broad SMARTS) is 1. The van der Waals surface area contributed by atoms with Crippen LogP contribution in [0.2, 0.25) is 0 Å². The maximum atomic E-state index is 12.9. The number of aromatic carboxylic acids is 1. The topological polar surface area (TPSA) is 70.8 Å². The van der Waals surface area contributed by atoms with Crippen LogP contribution in [0.3, 0.4) is 0 Å². The number of likely N-dealkylation sites (N-methyl/N-ethyl adjacent to an activating group) is 1. The molecule has 2 aromatic rings. The third-order valence-corrected chi connectivity index (χ3v) is 5.37. The summed E-state index contributed by atoms with van der Waals surface area (Å²) in [6, 6.07) is 9.93. The predicted molar refractivity (Wildman–Crippen MR) is 98.7 cm³/mol. The van der Waals surface area contributed by atoms with E-state index in [1.54, 1.807) is 11.9 Å². The maximum Gasteiger partial charge on any atom is 0.339 e. The largest absolute Gasteiger partial charge is 0.478 e. The van der Waals surface area contributed by atoms with Crippen LogP contribution in [-0.2, 0) is 6.42 Å². The molecule has 1 aromatic carbocycles. The number of amides is 1. The number of carbonyl (C=O) groups excluding carboxylic acids is 1. The average Bonchev–Trinajstić information content (AvgIpc) is 3.28. The van der Waals surface area contributed by atoms with Crippen LogP contribution in [0.15, 0.2) is 34.7 Å². The summed E-state index contributed by atoms with van der Waals surface area (Å²) < 4.78 is 5.55. The first-order valence-electron chi connectivity index (χ1n) is 9.12. The molecule has 1 aliphatic rings. The van der Waals surface area contributed by atoms with E-state index in [4.69, 9.17) is 4.42 Å². The summed E-state index contributed by atoms with van der Waals surface area (Å²) in [5, 5.41) is 9.27. The van der Waals surface area contributed by atoms with Gasteiger partial charge in [0.1, 0.15) is 11.3 Å². The zero-order valence-electron chi connectivity index (χ0n) is 15.5. The Morgan fingerprint density at radius 1 is 1.23 bits per heavy atom. The lowest BCUT2D eigenvalue weighted by molar-refractivity contribution is 0.0680. The maximum absolute atomic E-state index is 12.9. The number of hydrogen-bond donors (Lipinski definition) is 1. The van der Waals surface area contributed by atoms with E-state index in [9.17, 15) is 14.7 Å². The highest BCUT2D eigenvalue weighted by atomic mass is 16.4. The summed E-state index contributed by atoms with van der Waals surface area (Å²) in [4.78, 5) is 26.0. The standard InChI is InChI=1S/C21H25NO4/c1-4-18-16(21(24)25)12-19(26-18)20(23)22(3)17-7-5-6-15(17)14-10-8-13(2)9-11-14/h8-12,15,17H,4-7H2,1-3H3,(H,24,25). The van der Waals surface area contributed by atoms with Crippen molar-refractivity contribution in [1.82, 2.24) is 4.90 Å². The van der Waals surface area contributed by atoms with Gasteiger partial charge in [0, 0.05) is 31.5 Å². The van der Waals surface area contributed by atoms with Crippen molar-refractivity contribution < 1.29 is 19.1 Å². The Bertz CT molecular complexity index is 806. The molecule has 3 rings (SSSR count). The van der Waals surface area contributed by atoms with Crippen LogP contribution in [-0.4, -0.2) is 35.0 Å². The number of hydrogen-bond acceptors (Lipinski definition) is 3. The monoisotopic (exact) mass is 355 g/mol. The molecule has 0 aliphatic heterocycles. The quantitative estimate of drug-likeness (QED) is 0.870. The van der Waals surface area contributed by atoms with Gasteiger partial charge in [-0.3, -0.25) is 4.79 Å². The van der Waals surface area contributed by atoms with Crippen LogP contribution in [0.1, 0.15) is 69.9 Å². The number of nitrogens with zero attached hydrogens (tertiary/aromatic N) is 1. The van der Waals surface area contributed by atoms with E-state index in [-0.39, 0.29) is 23.3 Å². The molecule has 138 valence electrons. The zero-order valence-corrected chi connectivity index (χ0v) is 15.5. The van der Waals surface area contributed by atoms with Crippen molar-refractivity contribution in [3.05, 3.63) is 58.5 Å². The van der Waals surface area contributed by atoms with Crippen molar-refractivity contribution in [2.24, 2.45) is 0 Å². The van der Waals surface area contributed by atoms with E-state index < -0.39 is 5.97 Å². The second-order valence-electron chi connectivity index (χ2n) is 7.04. The lowest BCUT2D eigenvalue weighted by Gasteiger charge is -2.29. The van der Waals surface area contributed by atoms with Crippen molar-refractivity contribution in [3.8, 4) is 0 Å². The van der Waals surface area contributed by atoms with Crippen molar-refractivity contribution in [3.63, 3.8) is 0 Å². The van der Waals surface area contributed by atoms with Gasteiger partial charge in [-0.1, -0.05) is 43.2 Å². The second kappa shape index (κ2) is 7.36. The Morgan fingerprint density at radius 3 is 2.50 bits per heavy atom. The van der Waals surface area contributed by atoms with E-state index >= 15 is 0 Å². The molecule has 1 aromatic heterocycles. The molecule has 1 heterocycles. The Kier molecular flexibility index (Phi) is 5.16. The molecular formula is C21H25NO4. The molecule has 5 nitrogen and oxygen atoms in total. The summed E-state index contributed by atoms with van der Waals surface area (Å²) in [5.74, 6) is -0.571. The molecule has 1 fully saturated rings. The van der Waals surface area contributed by atoms with E-state index in [0.29, 0.717) is 18.1 Å². The number of furan rings is 1. The first-order valence-corrected chi connectivity index (χ1v) is 9.12. The van der Waals surface area contributed by atoms with Crippen molar-refractivity contribution in [2.45, 2.75) is 51.5 Å². The molecule has 0 radical (unpaired) electrons. The second-order valence-corrected chi connectivity index (χ2v) is 7.04. The van der Waals surface area contributed by atoms with Crippen molar-refractivity contribution >= 4 is 11.9 Å². The van der Waals surface area contributed by atoms with Crippen LogP contribution in [0, 0.1) is 6.92 Å². The number of carboxylic acids is 1. The molecule has 1 amide bonds. The molecule has 5 heteroatoms. The molecule has 0 saturated heterocycles. The van der Waals surface area contributed by atoms with Gasteiger partial charge in [-0.2, -0.15) is 0 Å². The minimum absolute atomic E-state index is 0.0748. The third-order valence-electron chi connectivity index (χ3n) is 5.37. The van der Waals surface area contributed by atoms with Crippen LogP contribution in [0.5, 0.6) is 0 Å². The summed E-state index contributed by atoms with van der Waals surface area (Å²) in [5.41, 5.74) is 2.54. The van der Waals surface area contributed by atoms with Crippen molar-refractivity contribution in [2.75, 3.05) is 7.05 Å². The minimum Gasteiger partial charge on any atom is -0.478 e. The van der Waals surface area contributed by atoms with Crippen LogP contribution >= 0.6 is 0 Å². The lowest BCUT2D eigenvalue weighted by atomic mass is 9.92. The van der Waals surface area contributed by atoms with Crippen LogP contribution in [0.4, 0.5) is 0 Å². The van der Waals surface area contributed by atoms with Gasteiger partial charge >= 0.3 is 5.97 Å². The Balaban J connectivity index is 1.83. The highest BCUT2D eigenvalue weighted by Gasteiger charge is 2.35. The molecular weight excluding hydrogens is 330 g/mol. The number of aryl methyl sites for hydroxylation is 2. The molecule has 1 aliphatic carbocycles. The number of carbonyl (C=O) groups is 2. The van der Waals surface area contributed by atoms with Gasteiger partial charge in [-0.05, 0) is 25.3 Å². The van der Waals surface area contributed by atoms with E-state index in [2.05, 4.69) is 31.2 Å². The SMILES string of the molecule is CCc1oc(C(=O)N(C)C2CCCC2c2ccc(C)cc2)cc1C(=O)O. The van der Waals surface area contributed by atoms with Gasteiger partial charge in [0.2, 0.25) is 0 Å². The fourth-order valence-electron chi connectivity index (χ4n) is 3.91. The highest BCUT2D eigenvalue weighted by molar-refractivity contribution is 5.96. The van der Waals surface area contributed by atoms with Gasteiger partial charge in [0.15, 0.2) is 5.76 Å². The highest BCUT2D eigenvalue weighted by Crippen LogP contribution is 2.38. The first kappa shape index (κ1) is 18.2. The summed E-state index contributed by atoms with van der Waals surface area (Å²) in [6.45, 7) is 3.88. The van der Waals surface area contributed by atoms with E-state index in [1.165, 1.54) is 17.2 Å². The lowest BCUT2D eigenvalue weighted by Crippen LogP contribution is -2.38. The van der Waals surface area contributed by atoms with Gasteiger partial charge < -0.3 is 14.4 Å². The first-order chi connectivity index (χ1) is 12.4. The average molecular weight is 355 g/mol. The molecule has 0 spiro atoms. The summed E-state index contributed by atoms with van der Waals surface area (Å²) >= 11 is 0. The predicted octanol–water partition coefficient (Wildman–Crippen LogP) is 4.26. The Morgan fingerprint density at radius 2 is 1.92 bits per heavy atom.